The molecule has 2 aliphatic heterocycles. The van der Waals surface area contributed by atoms with Gasteiger partial charge < -0.3 is 15.0 Å². The highest BCUT2D eigenvalue weighted by Crippen LogP contribution is 2.46. The average Bonchev–Trinajstić information content (AvgIpc) is 2.95. The number of piperidine rings is 1. The van der Waals surface area contributed by atoms with Gasteiger partial charge in [-0.1, -0.05) is 23.9 Å². The molecule has 23 heavy (non-hydrogen) atoms. The van der Waals surface area contributed by atoms with Gasteiger partial charge in [0.1, 0.15) is 5.75 Å². The molecule has 2 aromatic rings. The number of hydrogen-bond acceptors (Lipinski definition) is 4. The van der Waals surface area contributed by atoms with Crippen LogP contribution in [0.1, 0.15) is 17.9 Å². The van der Waals surface area contributed by atoms with Crippen LogP contribution in [-0.4, -0.2) is 38.2 Å². The topological polar surface area (TPSA) is 24.5 Å². The molecule has 0 amide bonds. The molecule has 2 atom stereocenters. The maximum Gasteiger partial charge on any atom is 0.118 e. The molecule has 0 aromatic heterocycles. The Kier molecular flexibility index (Phi) is 3.95. The molecule has 2 aliphatic rings. The first-order chi connectivity index (χ1) is 11.2. The third kappa shape index (κ3) is 2.81. The average molecular weight is 326 g/mol. The second-order valence-corrected chi connectivity index (χ2v) is 7.52. The molecule has 2 unspecified atom stereocenters. The second kappa shape index (κ2) is 6.10. The number of fused-ring (bicyclic) bond motifs is 3. The van der Waals surface area contributed by atoms with Gasteiger partial charge in [-0.3, -0.25) is 0 Å². The molecule has 1 fully saturated rings. The van der Waals surface area contributed by atoms with Gasteiger partial charge >= 0.3 is 0 Å². The third-order valence-electron chi connectivity index (χ3n) is 4.89. The molecule has 1 N–H and O–H groups in total. The van der Waals surface area contributed by atoms with Crippen molar-refractivity contribution in [3.8, 4) is 5.75 Å². The Hall–Kier alpha value is -1.65. The van der Waals surface area contributed by atoms with Gasteiger partial charge in [0.05, 0.1) is 12.8 Å². The van der Waals surface area contributed by atoms with Gasteiger partial charge in [-0.15, -0.1) is 0 Å². The van der Waals surface area contributed by atoms with Crippen molar-refractivity contribution in [1.29, 1.82) is 0 Å². The number of likely N-dealkylation sites (tertiary alicyclic amines) is 1. The van der Waals surface area contributed by atoms with Gasteiger partial charge in [-0.2, -0.15) is 0 Å². The van der Waals surface area contributed by atoms with Crippen LogP contribution in [0.3, 0.4) is 0 Å². The van der Waals surface area contributed by atoms with Gasteiger partial charge in [-0.25, -0.2) is 0 Å². The summed E-state index contributed by atoms with van der Waals surface area (Å²) in [7, 11) is 3.93. The lowest BCUT2D eigenvalue weighted by Crippen LogP contribution is -2.39. The van der Waals surface area contributed by atoms with E-state index in [1.54, 1.807) is 7.11 Å². The molecule has 4 rings (SSSR count). The fraction of sp³-hybridized carbons (Fsp3) is 0.368. The van der Waals surface area contributed by atoms with Crippen molar-refractivity contribution in [1.82, 2.24) is 4.90 Å². The highest BCUT2D eigenvalue weighted by molar-refractivity contribution is 7.99. The van der Waals surface area contributed by atoms with E-state index in [0.717, 1.165) is 12.3 Å². The van der Waals surface area contributed by atoms with E-state index in [1.807, 2.05) is 23.9 Å². The fourth-order valence-corrected chi connectivity index (χ4v) is 4.61. The van der Waals surface area contributed by atoms with Crippen molar-refractivity contribution < 1.29 is 4.74 Å². The molecule has 0 saturated carbocycles. The molecule has 120 valence electrons. The summed E-state index contributed by atoms with van der Waals surface area (Å²) in [6.45, 7) is 2.34. The Balaban J connectivity index is 1.61. The minimum absolute atomic E-state index is 0.596. The van der Waals surface area contributed by atoms with E-state index < -0.39 is 0 Å². The van der Waals surface area contributed by atoms with Crippen LogP contribution in [0.4, 0.5) is 5.69 Å². The quantitative estimate of drug-likeness (QED) is 0.919. The largest absolute Gasteiger partial charge is 0.497 e. The first-order valence-corrected chi connectivity index (χ1v) is 8.96. The van der Waals surface area contributed by atoms with Crippen molar-refractivity contribution in [2.45, 2.75) is 28.2 Å². The van der Waals surface area contributed by atoms with Gasteiger partial charge in [0.2, 0.25) is 0 Å². The lowest BCUT2D eigenvalue weighted by molar-refractivity contribution is 0.243. The van der Waals surface area contributed by atoms with E-state index in [2.05, 4.69) is 47.6 Å². The summed E-state index contributed by atoms with van der Waals surface area (Å²) >= 11 is 1.83. The van der Waals surface area contributed by atoms with E-state index in [0.29, 0.717) is 12.0 Å². The van der Waals surface area contributed by atoms with E-state index in [-0.39, 0.29) is 0 Å². The van der Waals surface area contributed by atoms with Crippen LogP contribution in [0.2, 0.25) is 0 Å². The first kappa shape index (κ1) is 14.9. The van der Waals surface area contributed by atoms with E-state index in [4.69, 9.17) is 4.74 Å². The zero-order valence-electron chi connectivity index (χ0n) is 13.6. The van der Waals surface area contributed by atoms with Crippen LogP contribution in [-0.2, 0) is 0 Å². The minimum Gasteiger partial charge on any atom is -0.497 e. The molecule has 0 aliphatic carbocycles. The van der Waals surface area contributed by atoms with Gasteiger partial charge in [0.15, 0.2) is 0 Å². The van der Waals surface area contributed by atoms with E-state index >= 15 is 0 Å². The summed E-state index contributed by atoms with van der Waals surface area (Å²) in [5, 5.41) is 3.80. The van der Waals surface area contributed by atoms with Gasteiger partial charge in [0, 0.05) is 28.3 Å². The smallest absolute Gasteiger partial charge is 0.118 e. The molecule has 4 heteroatoms. The highest BCUT2D eigenvalue weighted by Gasteiger charge is 2.36. The number of para-hydroxylation sites is 1. The molecule has 3 nitrogen and oxygen atoms in total. The SMILES string of the molecule is COc1ccc(Sc2cccc3c2NC2CCN(C)CC32)cc1. The Labute approximate surface area is 142 Å². The molecule has 2 heterocycles. The summed E-state index contributed by atoms with van der Waals surface area (Å²) in [4.78, 5) is 5.01. The number of rotatable bonds is 3. The minimum atomic E-state index is 0.596. The Morgan fingerprint density at radius 1 is 1.17 bits per heavy atom. The van der Waals surface area contributed by atoms with Crippen molar-refractivity contribution in [3.63, 3.8) is 0 Å². The molecule has 1 saturated heterocycles. The van der Waals surface area contributed by atoms with Crippen molar-refractivity contribution in [2.75, 3.05) is 32.6 Å². The van der Waals surface area contributed by atoms with Crippen LogP contribution in [0.5, 0.6) is 5.75 Å². The number of likely N-dealkylation sites (N-methyl/N-ethyl adjacent to an activating group) is 1. The number of hydrogen-bond donors (Lipinski definition) is 1. The zero-order valence-corrected chi connectivity index (χ0v) is 14.4. The molecule has 0 radical (unpaired) electrons. The van der Waals surface area contributed by atoms with E-state index in [1.165, 1.54) is 34.0 Å². The van der Waals surface area contributed by atoms with Crippen LogP contribution >= 0.6 is 11.8 Å². The Bertz CT molecular complexity index is 701. The fourth-order valence-electron chi connectivity index (χ4n) is 3.66. The summed E-state index contributed by atoms with van der Waals surface area (Å²) in [6.07, 6.45) is 1.22. The molecular formula is C19H22N2OS. The number of nitrogens with zero attached hydrogens (tertiary/aromatic N) is 1. The van der Waals surface area contributed by atoms with Crippen LogP contribution in [0.25, 0.3) is 0 Å². The monoisotopic (exact) mass is 326 g/mol. The van der Waals surface area contributed by atoms with Crippen LogP contribution < -0.4 is 10.1 Å². The number of nitrogens with one attached hydrogen (secondary N) is 1. The highest BCUT2D eigenvalue weighted by atomic mass is 32.2. The summed E-state index contributed by atoms with van der Waals surface area (Å²) in [5.41, 5.74) is 2.83. The number of benzene rings is 2. The summed E-state index contributed by atoms with van der Waals surface area (Å²) in [5.74, 6) is 1.53. The van der Waals surface area contributed by atoms with Crippen molar-refractivity contribution >= 4 is 17.4 Å². The summed E-state index contributed by atoms with van der Waals surface area (Å²) in [6, 6.07) is 15.6. The van der Waals surface area contributed by atoms with Crippen LogP contribution in [0.15, 0.2) is 52.3 Å². The van der Waals surface area contributed by atoms with E-state index in [9.17, 15) is 0 Å². The Morgan fingerprint density at radius 3 is 2.78 bits per heavy atom. The van der Waals surface area contributed by atoms with Gasteiger partial charge in [-0.05, 0) is 55.9 Å². The third-order valence-corrected chi connectivity index (χ3v) is 5.96. The molecular weight excluding hydrogens is 304 g/mol. The molecule has 2 aromatic carbocycles. The van der Waals surface area contributed by atoms with Crippen LogP contribution in [0, 0.1) is 0 Å². The standard InChI is InChI=1S/C19H22N2OS/c1-21-11-10-17-16(12-21)15-4-3-5-18(19(15)20-17)23-14-8-6-13(22-2)7-9-14/h3-9,16-17,20H,10-12H2,1-2H3. The van der Waals surface area contributed by atoms with Gasteiger partial charge in [0.25, 0.3) is 0 Å². The number of ether oxygens (including phenoxy) is 1. The lowest BCUT2D eigenvalue weighted by atomic mass is 9.90. The molecule has 0 spiro atoms. The first-order valence-electron chi connectivity index (χ1n) is 8.14. The normalized spacial score (nSPS) is 23.0. The second-order valence-electron chi connectivity index (χ2n) is 6.41. The summed E-state index contributed by atoms with van der Waals surface area (Å²) < 4.78 is 5.24. The number of anilines is 1. The Morgan fingerprint density at radius 2 is 2.00 bits per heavy atom. The predicted molar refractivity (Wildman–Crippen MR) is 95.8 cm³/mol. The lowest BCUT2D eigenvalue weighted by Gasteiger charge is -2.32. The number of methoxy groups -OCH3 is 1. The predicted octanol–water partition coefficient (Wildman–Crippen LogP) is 4.06. The zero-order chi connectivity index (χ0) is 15.8. The molecule has 0 bridgehead atoms. The maximum atomic E-state index is 5.24. The maximum absolute atomic E-state index is 5.24. The van der Waals surface area contributed by atoms with Crippen molar-refractivity contribution in [3.05, 3.63) is 48.0 Å². The van der Waals surface area contributed by atoms with Crippen molar-refractivity contribution in [2.24, 2.45) is 0 Å².